The number of aromatic amines is 1. The monoisotopic (exact) mass is 395 g/mol. The molecule has 0 amide bonds. The van der Waals surface area contributed by atoms with E-state index in [4.69, 9.17) is 14.2 Å². The van der Waals surface area contributed by atoms with E-state index in [0.29, 0.717) is 17.2 Å². The summed E-state index contributed by atoms with van der Waals surface area (Å²) >= 11 is -0.0387. The fourth-order valence-corrected chi connectivity index (χ4v) is 4.84. The minimum atomic E-state index is -0.233. The van der Waals surface area contributed by atoms with Crippen molar-refractivity contribution >= 4 is 34.8 Å². The number of halogens is 1. The Labute approximate surface area is 146 Å². The normalized spacial score (nSPS) is 10.9. The molecule has 0 saturated heterocycles. The van der Waals surface area contributed by atoms with Gasteiger partial charge in [0.25, 0.3) is 0 Å². The number of ether oxygens (including phenoxy) is 3. The van der Waals surface area contributed by atoms with E-state index in [1.54, 1.807) is 33.5 Å². The molecule has 24 heavy (non-hydrogen) atoms. The van der Waals surface area contributed by atoms with Gasteiger partial charge in [0.15, 0.2) is 0 Å². The molecule has 0 fully saturated rings. The molecule has 1 aromatic heterocycles. The Bertz CT molecular complexity index is 866. The van der Waals surface area contributed by atoms with Crippen LogP contribution in [0.4, 0.5) is 4.39 Å². The van der Waals surface area contributed by atoms with Crippen LogP contribution in [0.3, 0.4) is 0 Å². The summed E-state index contributed by atoms with van der Waals surface area (Å²) in [4.78, 5) is 3.32. The van der Waals surface area contributed by atoms with E-state index < -0.39 is 0 Å². The first-order valence-electron chi connectivity index (χ1n) is 7.33. The first-order chi connectivity index (χ1) is 11.6. The van der Waals surface area contributed by atoms with Crippen LogP contribution < -0.4 is 23.1 Å². The van der Waals surface area contributed by atoms with Crippen LogP contribution in [0.1, 0.15) is 5.69 Å². The first kappa shape index (κ1) is 16.7. The summed E-state index contributed by atoms with van der Waals surface area (Å²) in [5.41, 5.74) is 1.99. The number of H-pyrrole nitrogens is 1. The SMILES string of the molecule is COc1cc([Se]c2c(C)[nH]c3ccc(F)cc23)cc(OC)c1OC. The predicted molar refractivity (Wildman–Crippen MR) is 94.1 cm³/mol. The standard InChI is InChI=1S/C18H18FNO3Se/c1-10-18(13-7-11(19)5-6-14(13)20-10)24-12-8-15(21-2)17(23-4)16(9-12)22-3/h5-9,20H,1-4H3. The summed E-state index contributed by atoms with van der Waals surface area (Å²) in [5, 5.41) is 0.918. The van der Waals surface area contributed by atoms with Crippen molar-refractivity contribution in [2.24, 2.45) is 0 Å². The molecule has 1 heterocycles. The number of aromatic nitrogens is 1. The molecule has 0 bridgehead atoms. The number of hydrogen-bond donors (Lipinski definition) is 1. The Morgan fingerprint density at radius 1 is 0.958 bits per heavy atom. The van der Waals surface area contributed by atoms with Gasteiger partial charge in [-0.1, -0.05) is 0 Å². The van der Waals surface area contributed by atoms with Crippen molar-refractivity contribution in [2.75, 3.05) is 21.3 Å². The Morgan fingerprint density at radius 2 is 1.62 bits per heavy atom. The van der Waals surface area contributed by atoms with Crippen molar-refractivity contribution in [3.05, 3.63) is 41.8 Å². The van der Waals surface area contributed by atoms with Crippen molar-refractivity contribution < 1.29 is 18.6 Å². The van der Waals surface area contributed by atoms with Gasteiger partial charge in [-0.25, -0.2) is 0 Å². The van der Waals surface area contributed by atoms with Crippen LogP contribution in [0.2, 0.25) is 0 Å². The second-order valence-electron chi connectivity index (χ2n) is 5.23. The third kappa shape index (κ3) is 2.95. The molecule has 0 aliphatic heterocycles. The van der Waals surface area contributed by atoms with Crippen molar-refractivity contribution in [3.8, 4) is 17.2 Å². The number of nitrogens with one attached hydrogen (secondary N) is 1. The Hall–Kier alpha value is -2.17. The van der Waals surface area contributed by atoms with Gasteiger partial charge in [0.05, 0.1) is 0 Å². The number of rotatable bonds is 5. The number of hydrogen-bond acceptors (Lipinski definition) is 3. The van der Waals surface area contributed by atoms with Crippen molar-refractivity contribution in [1.82, 2.24) is 4.98 Å². The fourth-order valence-electron chi connectivity index (χ4n) is 2.64. The Morgan fingerprint density at radius 3 is 2.21 bits per heavy atom. The Kier molecular flexibility index (Phi) is 4.69. The summed E-state index contributed by atoms with van der Waals surface area (Å²) < 4.78 is 32.0. The molecule has 0 spiro atoms. The van der Waals surface area contributed by atoms with E-state index in [1.165, 1.54) is 6.07 Å². The van der Waals surface area contributed by atoms with Gasteiger partial charge < -0.3 is 0 Å². The maximum atomic E-state index is 13.6. The second kappa shape index (κ2) is 6.75. The van der Waals surface area contributed by atoms with E-state index in [2.05, 4.69) is 4.98 Å². The molecule has 0 unspecified atom stereocenters. The summed E-state index contributed by atoms with van der Waals surface area (Å²) in [6.07, 6.45) is 0. The number of methoxy groups -OCH3 is 3. The maximum absolute atomic E-state index is 13.6. The zero-order valence-corrected chi connectivity index (χ0v) is 15.6. The van der Waals surface area contributed by atoms with Gasteiger partial charge in [-0.2, -0.15) is 0 Å². The van der Waals surface area contributed by atoms with Crippen LogP contribution in [0.5, 0.6) is 17.2 Å². The van der Waals surface area contributed by atoms with E-state index >= 15 is 0 Å². The average Bonchev–Trinajstić information content (AvgIpc) is 2.89. The first-order valence-corrected chi connectivity index (χ1v) is 9.04. The van der Waals surface area contributed by atoms with E-state index in [-0.39, 0.29) is 20.8 Å². The fraction of sp³-hybridized carbons (Fsp3) is 0.222. The molecular formula is C18H18FNO3Se. The molecule has 1 N–H and O–H groups in total. The van der Waals surface area contributed by atoms with Crippen molar-refractivity contribution in [3.63, 3.8) is 0 Å². The van der Waals surface area contributed by atoms with Gasteiger partial charge in [-0.05, 0) is 0 Å². The van der Waals surface area contributed by atoms with Crippen LogP contribution in [0.25, 0.3) is 10.9 Å². The van der Waals surface area contributed by atoms with Crippen LogP contribution in [-0.2, 0) is 0 Å². The molecule has 126 valence electrons. The minimum absolute atomic E-state index is 0.0387. The van der Waals surface area contributed by atoms with Gasteiger partial charge in [-0.3, -0.25) is 0 Å². The van der Waals surface area contributed by atoms with Gasteiger partial charge in [0, 0.05) is 0 Å². The molecule has 0 aliphatic carbocycles. The third-order valence-electron chi connectivity index (χ3n) is 3.75. The van der Waals surface area contributed by atoms with E-state index in [0.717, 1.165) is 25.5 Å². The van der Waals surface area contributed by atoms with Crippen molar-refractivity contribution in [2.45, 2.75) is 6.92 Å². The van der Waals surface area contributed by atoms with Gasteiger partial charge in [-0.15, -0.1) is 0 Å². The molecule has 2 aromatic carbocycles. The molecule has 0 atom stereocenters. The second-order valence-corrected chi connectivity index (χ2v) is 7.51. The quantitative estimate of drug-likeness (QED) is 0.676. The van der Waals surface area contributed by atoms with E-state index in [1.807, 2.05) is 19.1 Å². The predicted octanol–water partition coefficient (Wildman–Crippen LogP) is 2.30. The molecular weight excluding hydrogens is 376 g/mol. The molecule has 0 saturated carbocycles. The van der Waals surface area contributed by atoms with E-state index in [9.17, 15) is 4.39 Å². The van der Waals surface area contributed by atoms with Crippen molar-refractivity contribution in [1.29, 1.82) is 0 Å². The number of benzene rings is 2. The van der Waals surface area contributed by atoms with Crippen LogP contribution >= 0.6 is 0 Å². The van der Waals surface area contributed by atoms with Gasteiger partial charge >= 0.3 is 146 Å². The van der Waals surface area contributed by atoms with Gasteiger partial charge in [0.1, 0.15) is 0 Å². The molecule has 3 aromatic rings. The molecule has 3 rings (SSSR count). The Balaban J connectivity index is 2.08. The zero-order chi connectivity index (χ0) is 17.3. The summed E-state index contributed by atoms with van der Waals surface area (Å²) in [6, 6.07) is 8.70. The number of fused-ring (bicyclic) bond motifs is 1. The molecule has 0 radical (unpaired) electrons. The summed E-state index contributed by atoms with van der Waals surface area (Å²) in [7, 11) is 4.78. The number of aryl methyl sites for hydroxylation is 1. The molecule has 6 heteroatoms. The topological polar surface area (TPSA) is 43.5 Å². The summed E-state index contributed by atoms with van der Waals surface area (Å²) in [5.74, 6) is 1.58. The molecule has 0 aliphatic rings. The zero-order valence-electron chi connectivity index (χ0n) is 13.9. The van der Waals surface area contributed by atoms with Crippen LogP contribution in [-0.4, -0.2) is 41.3 Å². The van der Waals surface area contributed by atoms with Crippen LogP contribution in [0.15, 0.2) is 30.3 Å². The van der Waals surface area contributed by atoms with Crippen LogP contribution in [0, 0.1) is 12.7 Å². The van der Waals surface area contributed by atoms with Gasteiger partial charge in [0.2, 0.25) is 0 Å². The third-order valence-corrected chi connectivity index (χ3v) is 6.27. The molecule has 4 nitrogen and oxygen atoms in total. The summed E-state index contributed by atoms with van der Waals surface area (Å²) in [6.45, 7) is 2.01. The average molecular weight is 394 g/mol.